The molecule has 0 amide bonds. The molecule has 0 aromatic carbocycles. The summed E-state index contributed by atoms with van der Waals surface area (Å²) in [6.07, 6.45) is 4.47. The second kappa shape index (κ2) is 1.74. The highest BCUT2D eigenvalue weighted by Gasteiger charge is 2.58. The predicted molar refractivity (Wildman–Crippen MR) is 39.2 cm³/mol. The molecule has 0 spiro atoms. The van der Waals surface area contributed by atoms with Gasteiger partial charge in [0.15, 0.2) is 0 Å². The first kappa shape index (κ1) is 5.76. The molecule has 4 unspecified atom stereocenters. The van der Waals surface area contributed by atoms with Crippen LogP contribution in [0.25, 0.3) is 0 Å². The van der Waals surface area contributed by atoms with E-state index in [1.54, 1.807) is 6.42 Å². The predicted octanol–water partition coefficient (Wildman–Crippen LogP) is 2.69. The molecule has 0 N–H and O–H groups in total. The maximum absolute atomic E-state index is 2.35. The summed E-state index contributed by atoms with van der Waals surface area (Å²) < 4.78 is 0. The molecule has 2 rings (SSSR count). The van der Waals surface area contributed by atoms with Gasteiger partial charge in [0, 0.05) is 0 Å². The molecule has 0 radical (unpaired) electrons. The Morgan fingerprint density at radius 3 is 1.78 bits per heavy atom. The second-order valence-electron chi connectivity index (χ2n) is 3.71. The molecule has 2 saturated carbocycles. The van der Waals surface area contributed by atoms with Crippen molar-refractivity contribution in [3.05, 3.63) is 0 Å². The van der Waals surface area contributed by atoms with Crippen molar-refractivity contribution in [1.82, 2.24) is 0 Å². The van der Waals surface area contributed by atoms with Crippen molar-refractivity contribution in [3.8, 4) is 0 Å². The van der Waals surface area contributed by atoms with Crippen LogP contribution in [0.3, 0.4) is 0 Å². The van der Waals surface area contributed by atoms with Gasteiger partial charge in [-0.25, -0.2) is 0 Å². The molecule has 4 atom stereocenters. The fourth-order valence-corrected chi connectivity index (χ4v) is 2.92. The van der Waals surface area contributed by atoms with E-state index in [2.05, 4.69) is 13.8 Å². The summed E-state index contributed by atoms with van der Waals surface area (Å²) in [6.45, 7) is 4.70. The molecule has 0 heterocycles. The average Bonchev–Trinajstić information content (AvgIpc) is 2.47. The Kier molecular flexibility index (Phi) is 1.12. The highest BCUT2D eigenvalue weighted by molar-refractivity contribution is 5.07. The third-order valence-corrected chi connectivity index (χ3v) is 3.48. The van der Waals surface area contributed by atoms with Gasteiger partial charge in [0.2, 0.25) is 0 Å². The van der Waals surface area contributed by atoms with Gasteiger partial charge in [-0.1, -0.05) is 26.7 Å². The van der Waals surface area contributed by atoms with E-state index < -0.39 is 0 Å². The third kappa shape index (κ3) is 0.595. The topological polar surface area (TPSA) is 0 Å². The smallest absolute Gasteiger partial charge is 0.0349 e. The SMILES string of the molecule is CCC1C(CC)C2CC12. The number of rotatable bonds is 2. The van der Waals surface area contributed by atoms with E-state index in [-0.39, 0.29) is 0 Å². The molecule has 2 aliphatic carbocycles. The largest absolute Gasteiger partial charge is 0.0651 e. The quantitative estimate of drug-likeness (QED) is 0.531. The maximum Gasteiger partial charge on any atom is -0.0349 e. The average molecular weight is 124 g/mol. The van der Waals surface area contributed by atoms with Gasteiger partial charge in [-0.05, 0) is 30.1 Å². The van der Waals surface area contributed by atoms with Gasteiger partial charge in [-0.15, -0.1) is 0 Å². The molecule has 0 heteroatoms. The van der Waals surface area contributed by atoms with E-state index in [1.165, 1.54) is 24.7 Å². The first-order valence-electron chi connectivity index (χ1n) is 4.38. The van der Waals surface area contributed by atoms with Gasteiger partial charge in [-0.2, -0.15) is 0 Å². The van der Waals surface area contributed by atoms with E-state index in [0.717, 1.165) is 11.8 Å². The Labute approximate surface area is 57.6 Å². The van der Waals surface area contributed by atoms with Crippen molar-refractivity contribution in [3.63, 3.8) is 0 Å². The van der Waals surface area contributed by atoms with Crippen molar-refractivity contribution in [2.75, 3.05) is 0 Å². The van der Waals surface area contributed by atoms with E-state index in [4.69, 9.17) is 0 Å². The van der Waals surface area contributed by atoms with E-state index in [9.17, 15) is 0 Å². The van der Waals surface area contributed by atoms with Crippen molar-refractivity contribution in [1.29, 1.82) is 0 Å². The van der Waals surface area contributed by atoms with Crippen LogP contribution in [0, 0.1) is 23.7 Å². The van der Waals surface area contributed by atoms with Crippen molar-refractivity contribution >= 4 is 0 Å². The molecule has 9 heavy (non-hydrogen) atoms. The summed E-state index contributed by atoms with van der Waals surface area (Å²) in [4.78, 5) is 0. The van der Waals surface area contributed by atoms with Crippen LogP contribution >= 0.6 is 0 Å². The zero-order valence-electron chi connectivity index (χ0n) is 6.43. The summed E-state index contributed by atoms with van der Waals surface area (Å²) in [6, 6.07) is 0. The Balaban J connectivity index is 1.94. The fourth-order valence-electron chi connectivity index (χ4n) is 2.92. The highest BCUT2D eigenvalue weighted by atomic mass is 14.6. The summed E-state index contributed by atoms with van der Waals surface area (Å²) >= 11 is 0. The van der Waals surface area contributed by atoms with E-state index >= 15 is 0 Å². The van der Waals surface area contributed by atoms with Crippen LogP contribution < -0.4 is 0 Å². The zero-order valence-corrected chi connectivity index (χ0v) is 6.43. The van der Waals surface area contributed by atoms with Gasteiger partial charge in [0.05, 0.1) is 0 Å². The van der Waals surface area contributed by atoms with Gasteiger partial charge in [-0.3, -0.25) is 0 Å². The Bertz CT molecular complexity index is 103. The molecule has 2 aliphatic rings. The minimum Gasteiger partial charge on any atom is -0.0651 e. The molecule has 0 aromatic heterocycles. The van der Waals surface area contributed by atoms with E-state index in [1.807, 2.05) is 0 Å². The van der Waals surface area contributed by atoms with E-state index in [0.29, 0.717) is 0 Å². The summed E-state index contributed by atoms with van der Waals surface area (Å²) in [5.41, 5.74) is 0. The minimum absolute atomic E-state index is 1.14. The maximum atomic E-state index is 2.35. The van der Waals surface area contributed by atoms with Crippen LogP contribution in [0.4, 0.5) is 0 Å². The monoisotopic (exact) mass is 124 g/mol. The fraction of sp³-hybridized carbons (Fsp3) is 1.00. The summed E-state index contributed by atoms with van der Waals surface area (Å²) in [5.74, 6) is 4.67. The standard InChI is InChI=1S/C9H16/c1-3-6-7(4-2)9-5-8(6)9/h6-9H,3-5H2,1-2H3. The van der Waals surface area contributed by atoms with Crippen LogP contribution in [0.1, 0.15) is 33.1 Å². The second-order valence-corrected chi connectivity index (χ2v) is 3.71. The molecule has 0 saturated heterocycles. The van der Waals surface area contributed by atoms with Crippen LogP contribution in [-0.4, -0.2) is 0 Å². The van der Waals surface area contributed by atoms with Crippen molar-refractivity contribution in [2.24, 2.45) is 23.7 Å². The number of fused-ring (bicyclic) bond motifs is 1. The van der Waals surface area contributed by atoms with Crippen LogP contribution in [0.15, 0.2) is 0 Å². The number of hydrogen-bond acceptors (Lipinski definition) is 0. The lowest BCUT2D eigenvalue weighted by Crippen LogP contribution is -2.28. The Hall–Kier alpha value is 0. The summed E-state index contributed by atoms with van der Waals surface area (Å²) in [7, 11) is 0. The van der Waals surface area contributed by atoms with Gasteiger partial charge < -0.3 is 0 Å². The van der Waals surface area contributed by atoms with Crippen LogP contribution in [0.5, 0.6) is 0 Å². The molecule has 52 valence electrons. The molecule has 0 aliphatic heterocycles. The normalized spacial score (nSPS) is 54.0. The molecule has 0 aromatic rings. The first-order chi connectivity index (χ1) is 4.38. The summed E-state index contributed by atoms with van der Waals surface area (Å²) in [5, 5.41) is 0. The molecule has 2 fully saturated rings. The Morgan fingerprint density at radius 2 is 1.44 bits per heavy atom. The van der Waals surface area contributed by atoms with Crippen molar-refractivity contribution in [2.45, 2.75) is 33.1 Å². The van der Waals surface area contributed by atoms with Crippen LogP contribution in [0.2, 0.25) is 0 Å². The lowest BCUT2D eigenvalue weighted by atomic mass is 9.71. The van der Waals surface area contributed by atoms with Gasteiger partial charge in [0.1, 0.15) is 0 Å². The van der Waals surface area contributed by atoms with Crippen molar-refractivity contribution < 1.29 is 0 Å². The number of hydrogen-bond donors (Lipinski definition) is 0. The molecular weight excluding hydrogens is 108 g/mol. The zero-order chi connectivity index (χ0) is 6.43. The van der Waals surface area contributed by atoms with Gasteiger partial charge in [0.25, 0.3) is 0 Å². The third-order valence-electron chi connectivity index (χ3n) is 3.48. The first-order valence-corrected chi connectivity index (χ1v) is 4.38. The minimum atomic E-state index is 1.14. The lowest BCUT2D eigenvalue weighted by Gasteiger charge is -2.34. The Morgan fingerprint density at radius 1 is 1.00 bits per heavy atom. The highest BCUT2D eigenvalue weighted by Crippen LogP contribution is 2.65. The molecule has 0 nitrogen and oxygen atoms in total. The van der Waals surface area contributed by atoms with Gasteiger partial charge >= 0.3 is 0 Å². The lowest BCUT2D eigenvalue weighted by molar-refractivity contribution is 0.143. The molecular formula is C9H16. The molecule has 0 bridgehead atoms. The van der Waals surface area contributed by atoms with Crippen LogP contribution in [-0.2, 0) is 0 Å².